The van der Waals surface area contributed by atoms with Gasteiger partial charge >= 0.3 is 0 Å². The summed E-state index contributed by atoms with van der Waals surface area (Å²) in [6.07, 6.45) is 1.21. The molecule has 0 radical (unpaired) electrons. The van der Waals surface area contributed by atoms with E-state index in [-0.39, 0.29) is 0 Å². The first-order valence-corrected chi connectivity index (χ1v) is 8.60. The standard InChI is InChI=1S/C18H31ClN2/c1-6-15(5)13-21(7-2)18-10-8-9-17(19)16(18)12-20-11-14(3)4/h8-10,14-15,20H,6-7,11-13H2,1-5H3. The minimum Gasteiger partial charge on any atom is -0.371 e. The van der Waals surface area contributed by atoms with E-state index in [1.54, 1.807) is 0 Å². The maximum absolute atomic E-state index is 6.45. The van der Waals surface area contributed by atoms with Crippen LogP contribution in [0, 0.1) is 11.8 Å². The summed E-state index contributed by atoms with van der Waals surface area (Å²) in [5, 5.41) is 4.38. The van der Waals surface area contributed by atoms with E-state index in [2.05, 4.69) is 57.0 Å². The molecule has 0 aliphatic heterocycles. The lowest BCUT2D eigenvalue weighted by Crippen LogP contribution is -2.30. The van der Waals surface area contributed by atoms with Gasteiger partial charge in [-0.15, -0.1) is 0 Å². The van der Waals surface area contributed by atoms with Crippen LogP contribution in [0.4, 0.5) is 5.69 Å². The molecule has 21 heavy (non-hydrogen) atoms. The molecular weight excluding hydrogens is 280 g/mol. The molecule has 3 heteroatoms. The van der Waals surface area contributed by atoms with Crippen molar-refractivity contribution in [3.05, 3.63) is 28.8 Å². The van der Waals surface area contributed by atoms with Gasteiger partial charge in [0.1, 0.15) is 0 Å². The molecule has 1 aromatic rings. The molecule has 0 amide bonds. The highest BCUT2D eigenvalue weighted by Crippen LogP contribution is 2.28. The van der Waals surface area contributed by atoms with Gasteiger partial charge in [0.15, 0.2) is 0 Å². The van der Waals surface area contributed by atoms with Crippen molar-refractivity contribution >= 4 is 17.3 Å². The Bertz CT molecular complexity index is 418. The first kappa shape index (κ1) is 18.3. The third-order valence-electron chi connectivity index (χ3n) is 3.90. The van der Waals surface area contributed by atoms with Crippen molar-refractivity contribution in [2.45, 2.75) is 47.6 Å². The third-order valence-corrected chi connectivity index (χ3v) is 4.25. The molecule has 0 aliphatic carbocycles. The van der Waals surface area contributed by atoms with Crippen molar-refractivity contribution in [2.75, 3.05) is 24.5 Å². The molecule has 1 aromatic carbocycles. The summed E-state index contributed by atoms with van der Waals surface area (Å²) in [6.45, 7) is 15.2. The Morgan fingerprint density at radius 1 is 1.19 bits per heavy atom. The number of anilines is 1. The summed E-state index contributed by atoms with van der Waals surface area (Å²) in [5.74, 6) is 1.35. The van der Waals surface area contributed by atoms with Crippen molar-refractivity contribution in [1.82, 2.24) is 5.32 Å². The summed E-state index contributed by atoms with van der Waals surface area (Å²) >= 11 is 6.45. The normalized spacial score (nSPS) is 12.7. The fraction of sp³-hybridized carbons (Fsp3) is 0.667. The van der Waals surface area contributed by atoms with E-state index in [4.69, 9.17) is 11.6 Å². The van der Waals surface area contributed by atoms with E-state index < -0.39 is 0 Å². The zero-order valence-corrected chi connectivity index (χ0v) is 15.0. The number of nitrogens with one attached hydrogen (secondary N) is 1. The summed E-state index contributed by atoms with van der Waals surface area (Å²) < 4.78 is 0. The molecule has 1 rings (SSSR count). The first-order valence-electron chi connectivity index (χ1n) is 8.22. The van der Waals surface area contributed by atoms with Gasteiger partial charge in [0, 0.05) is 35.9 Å². The van der Waals surface area contributed by atoms with Crippen molar-refractivity contribution in [3.8, 4) is 0 Å². The summed E-state index contributed by atoms with van der Waals surface area (Å²) in [6, 6.07) is 6.25. The van der Waals surface area contributed by atoms with Crippen LogP contribution in [0.5, 0.6) is 0 Å². The van der Waals surface area contributed by atoms with Gasteiger partial charge in [-0.25, -0.2) is 0 Å². The molecule has 2 nitrogen and oxygen atoms in total. The average molecular weight is 311 g/mol. The van der Waals surface area contributed by atoms with E-state index >= 15 is 0 Å². The number of hydrogen-bond donors (Lipinski definition) is 1. The Hall–Kier alpha value is -0.730. The van der Waals surface area contributed by atoms with E-state index in [0.717, 1.165) is 31.2 Å². The molecule has 0 aromatic heterocycles. The molecule has 0 bridgehead atoms. The number of hydrogen-bond acceptors (Lipinski definition) is 2. The van der Waals surface area contributed by atoms with Gasteiger partial charge in [-0.1, -0.05) is 51.8 Å². The molecule has 0 spiro atoms. The van der Waals surface area contributed by atoms with E-state index in [9.17, 15) is 0 Å². The Kier molecular flexibility index (Phi) is 8.13. The maximum Gasteiger partial charge on any atom is 0.0471 e. The summed E-state index contributed by atoms with van der Waals surface area (Å²) in [7, 11) is 0. The highest BCUT2D eigenvalue weighted by atomic mass is 35.5. The van der Waals surface area contributed by atoms with Crippen LogP contribution in [0.25, 0.3) is 0 Å². The van der Waals surface area contributed by atoms with Crippen LogP contribution in [0.3, 0.4) is 0 Å². The highest BCUT2D eigenvalue weighted by Gasteiger charge is 2.14. The van der Waals surface area contributed by atoms with Crippen LogP contribution < -0.4 is 10.2 Å². The topological polar surface area (TPSA) is 15.3 Å². The summed E-state index contributed by atoms with van der Waals surface area (Å²) in [4.78, 5) is 2.45. The molecule has 0 saturated heterocycles. The Morgan fingerprint density at radius 2 is 1.90 bits per heavy atom. The number of nitrogens with zero attached hydrogens (tertiary/aromatic N) is 1. The number of halogens is 1. The van der Waals surface area contributed by atoms with Crippen molar-refractivity contribution in [2.24, 2.45) is 11.8 Å². The Labute approximate surface area is 135 Å². The molecule has 0 aliphatic rings. The van der Waals surface area contributed by atoms with Gasteiger partial charge in [-0.3, -0.25) is 0 Å². The lowest BCUT2D eigenvalue weighted by Gasteiger charge is -2.29. The quantitative estimate of drug-likeness (QED) is 0.693. The van der Waals surface area contributed by atoms with Crippen molar-refractivity contribution < 1.29 is 0 Å². The average Bonchev–Trinajstić information content (AvgIpc) is 2.46. The van der Waals surface area contributed by atoms with Gasteiger partial charge < -0.3 is 10.2 Å². The minimum absolute atomic E-state index is 0.651. The molecular formula is C18H31ClN2. The lowest BCUT2D eigenvalue weighted by molar-refractivity contribution is 0.540. The van der Waals surface area contributed by atoms with E-state index in [1.807, 2.05) is 6.07 Å². The second-order valence-corrected chi connectivity index (χ2v) is 6.72. The molecule has 120 valence electrons. The van der Waals surface area contributed by atoms with Crippen LogP contribution in [0.2, 0.25) is 5.02 Å². The van der Waals surface area contributed by atoms with Gasteiger partial charge in [0.05, 0.1) is 0 Å². The highest BCUT2D eigenvalue weighted by molar-refractivity contribution is 6.31. The monoisotopic (exact) mass is 310 g/mol. The largest absolute Gasteiger partial charge is 0.371 e. The predicted molar refractivity (Wildman–Crippen MR) is 95.3 cm³/mol. The van der Waals surface area contributed by atoms with Crippen LogP contribution in [-0.4, -0.2) is 19.6 Å². The Morgan fingerprint density at radius 3 is 2.48 bits per heavy atom. The van der Waals surface area contributed by atoms with Crippen LogP contribution in [-0.2, 0) is 6.54 Å². The van der Waals surface area contributed by atoms with Crippen LogP contribution >= 0.6 is 11.6 Å². The molecule has 0 saturated carbocycles. The van der Waals surface area contributed by atoms with Gasteiger partial charge in [0.25, 0.3) is 0 Å². The van der Waals surface area contributed by atoms with E-state index in [0.29, 0.717) is 11.8 Å². The third kappa shape index (κ3) is 5.88. The van der Waals surface area contributed by atoms with Gasteiger partial charge in [0.2, 0.25) is 0 Å². The smallest absolute Gasteiger partial charge is 0.0471 e. The second-order valence-electron chi connectivity index (χ2n) is 6.31. The minimum atomic E-state index is 0.651. The van der Waals surface area contributed by atoms with Gasteiger partial charge in [-0.2, -0.15) is 0 Å². The molecule has 1 unspecified atom stereocenters. The van der Waals surface area contributed by atoms with Crippen molar-refractivity contribution in [1.29, 1.82) is 0 Å². The fourth-order valence-corrected chi connectivity index (χ4v) is 2.64. The Balaban J connectivity index is 2.90. The number of rotatable bonds is 9. The SMILES string of the molecule is CCC(C)CN(CC)c1cccc(Cl)c1CNCC(C)C. The van der Waals surface area contributed by atoms with Gasteiger partial charge in [-0.05, 0) is 37.4 Å². The van der Waals surface area contributed by atoms with Crippen LogP contribution in [0.15, 0.2) is 18.2 Å². The van der Waals surface area contributed by atoms with Crippen molar-refractivity contribution in [3.63, 3.8) is 0 Å². The zero-order valence-electron chi connectivity index (χ0n) is 14.2. The lowest BCUT2D eigenvalue weighted by atomic mass is 10.1. The maximum atomic E-state index is 6.45. The molecule has 0 heterocycles. The molecule has 1 N–H and O–H groups in total. The molecule has 1 atom stereocenters. The number of benzene rings is 1. The second kappa shape index (κ2) is 9.32. The van der Waals surface area contributed by atoms with E-state index in [1.165, 1.54) is 17.7 Å². The first-order chi connectivity index (χ1) is 9.99. The van der Waals surface area contributed by atoms with Crippen LogP contribution in [0.1, 0.15) is 46.6 Å². The predicted octanol–water partition coefficient (Wildman–Crippen LogP) is 4.96. The fourth-order valence-electron chi connectivity index (χ4n) is 2.41. The zero-order chi connectivity index (χ0) is 15.8. The summed E-state index contributed by atoms with van der Waals surface area (Å²) in [5.41, 5.74) is 2.51. The molecule has 0 fully saturated rings.